The monoisotopic (exact) mass is 235 g/mol. The fourth-order valence-corrected chi connectivity index (χ4v) is 1.72. The van der Waals surface area contributed by atoms with E-state index in [-0.39, 0.29) is 18.2 Å². The summed E-state index contributed by atoms with van der Waals surface area (Å²) in [4.78, 5) is 11.4. The second-order valence-corrected chi connectivity index (χ2v) is 3.61. The highest BCUT2D eigenvalue weighted by Crippen LogP contribution is 2.17. The average Bonchev–Trinajstić information content (AvgIpc) is 2.44. The number of Topliss-reactive ketones (excluding diaryl/α,β-unsaturated/α-hetero) is 1. The normalized spacial score (nSPS) is 11.1. The topological polar surface area (TPSA) is 22.0 Å². The molecule has 5 heteroatoms. The molecular weight excluding hydrogens is 224 g/mol. The average molecular weight is 236 g/mol. The first-order valence-electron chi connectivity index (χ1n) is 4.51. The van der Waals surface area contributed by atoms with Gasteiger partial charge in [-0.1, -0.05) is 0 Å². The molecule has 0 amide bonds. The number of carbonyl (C=O) groups is 1. The van der Waals surface area contributed by atoms with Crippen LogP contribution in [0.5, 0.6) is 0 Å². The number of ketones is 1. The summed E-state index contributed by atoms with van der Waals surface area (Å²) >= 11 is 5.42. The molecule has 0 saturated carbocycles. The Balaban J connectivity index is 3.08. The van der Waals surface area contributed by atoms with Crippen molar-refractivity contribution in [3.05, 3.63) is 23.0 Å². The van der Waals surface area contributed by atoms with Gasteiger partial charge < -0.3 is 4.57 Å². The fourth-order valence-electron chi connectivity index (χ4n) is 1.57. The van der Waals surface area contributed by atoms with E-state index in [1.54, 1.807) is 19.9 Å². The van der Waals surface area contributed by atoms with Gasteiger partial charge in [0.2, 0.25) is 0 Å². The molecule has 1 aromatic heterocycles. The van der Waals surface area contributed by atoms with Gasteiger partial charge in [0.15, 0.2) is 5.78 Å². The third kappa shape index (κ3) is 2.56. The van der Waals surface area contributed by atoms with Crippen LogP contribution in [0.1, 0.15) is 21.7 Å². The van der Waals surface area contributed by atoms with Crippen molar-refractivity contribution in [1.29, 1.82) is 0 Å². The van der Waals surface area contributed by atoms with Crippen LogP contribution in [0.15, 0.2) is 6.07 Å². The maximum Gasteiger partial charge on any atom is 0.256 e. The van der Waals surface area contributed by atoms with Crippen LogP contribution in [0, 0.1) is 13.8 Å². The Kier molecular flexibility index (Phi) is 3.85. The molecule has 84 valence electrons. The van der Waals surface area contributed by atoms with Crippen molar-refractivity contribution in [2.45, 2.75) is 26.8 Å². The lowest BCUT2D eigenvalue weighted by atomic mass is 10.2. The summed E-state index contributed by atoms with van der Waals surface area (Å²) in [6.45, 7) is 2.96. The van der Waals surface area contributed by atoms with Crippen molar-refractivity contribution in [3.63, 3.8) is 0 Å². The van der Waals surface area contributed by atoms with E-state index in [1.165, 1.54) is 4.57 Å². The third-order valence-corrected chi connectivity index (χ3v) is 2.56. The summed E-state index contributed by atoms with van der Waals surface area (Å²) in [5.74, 6) is -0.357. The number of hydrogen-bond donors (Lipinski definition) is 0. The molecule has 0 saturated heterocycles. The number of aryl methyl sites for hydroxylation is 1. The summed E-state index contributed by atoms with van der Waals surface area (Å²) in [5, 5.41) is 0. The summed E-state index contributed by atoms with van der Waals surface area (Å²) < 4.78 is 25.9. The van der Waals surface area contributed by atoms with Gasteiger partial charge >= 0.3 is 0 Å². The largest absolute Gasteiger partial charge is 0.343 e. The lowest BCUT2D eigenvalue weighted by Crippen LogP contribution is -2.11. The molecule has 0 aromatic carbocycles. The van der Waals surface area contributed by atoms with Crippen LogP contribution in [0.4, 0.5) is 8.78 Å². The summed E-state index contributed by atoms with van der Waals surface area (Å²) in [7, 11) is 0. The molecule has 15 heavy (non-hydrogen) atoms. The number of rotatable bonds is 4. The van der Waals surface area contributed by atoms with E-state index in [4.69, 9.17) is 11.6 Å². The van der Waals surface area contributed by atoms with Gasteiger partial charge in [-0.3, -0.25) is 4.79 Å². The molecule has 1 rings (SSSR count). The smallest absolute Gasteiger partial charge is 0.256 e. The minimum atomic E-state index is -2.42. The summed E-state index contributed by atoms with van der Waals surface area (Å²) in [5.41, 5.74) is 1.64. The first-order valence-corrected chi connectivity index (χ1v) is 5.04. The van der Waals surface area contributed by atoms with Gasteiger partial charge in [-0.2, -0.15) is 0 Å². The molecule has 0 unspecified atom stereocenters. The van der Waals surface area contributed by atoms with Gasteiger partial charge in [-0.25, -0.2) is 8.78 Å². The highest BCUT2D eigenvalue weighted by atomic mass is 35.5. The van der Waals surface area contributed by atoms with E-state index < -0.39 is 6.43 Å². The maximum atomic E-state index is 12.2. The van der Waals surface area contributed by atoms with E-state index in [2.05, 4.69) is 0 Å². The minimum absolute atomic E-state index is 0.126. The summed E-state index contributed by atoms with van der Waals surface area (Å²) in [6, 6.07) is 1.60. The van der Waals surface area contributed by atoms with Crippen molar-refractivity contribution in [2.75, 3.05) is 5.88 Å². The quantitative estimate of drug-likeness (QED) is 0.581. The third-order valence-electron chi connectivity index (χ3n) is 2.32. The molecule has 0 atom stereocenters. The van der Waals surface area contributed by atoms with Crippen molar-refractivity contribution in [2.24, 2.45) is 0 Å². The Labute approximate surface area is 91.8 Å². The number of hydrogen-bond acceptors (Lipinski definition) is 1. The predicted octanol–water partition coefficient (Wildman–Crippen LogP) is 2.79. The second-order valence-electron chi connectivity index (χ2n) is 3.34. The number of halogens is 3. The van der Waals surface area contributed by atoms with Crippen LogP contribution in [-0.4, -0.2) is 22.7 Å². The first kappa shape index (κ1) is 12.2. The standard InChI is InChI=1S/C10H12ClF2NO/c1-6-3-8(9(15)4-11)7(2)14(6)5-10(12)13/h3,10H,4-5H2,1-2H3. The zero-order valence-corrected chi connectivity index (χ0v) is 9.31. The van der Waals surface area contributed by atoms with Gasteiger partial charge in [0.25, 0.3) is 6.43 Å². The molecule has 0 fully saturated rings. The molecule has 0 radical (unpaired) electrons. The molecule has 0 spiro atoms. The number of alkyl halides is 3. The van der Waals surface area contributed by atoms with Crippen molar-refractivity contribution < 1.29 is 13.6 Å². The number of carbonyl (C=O) groups excluding carboxylic acids is 1. The van der Waals surface area contributed by atoms with E-state index in [1.807, 2.05) is 0 Å². The van der Waals surface area contributed by atoms with Crippen LogP contribution in [-0.2, 0) is 6.54 Å². The fraction of sp³-hybridized carbons (Fsp3) is 0.500. The maximum absolute atomic E-state index is 12.2. The van der Waals surface area contributed by atoms with Gasteiger partial charge in [0.05, 0.1) is 12.4 Å². The zero-order chi connectivity index (χ0) is 11.6. The Bertz CT molecular complexity index is 374. The lowest BCUT2D eigenvalue weighted by molar-refractivity contribution is 0.101. The molecule has 0 N–H and O–H groups in total. The van der Waals surface area contributed by atoms with Gasteiger partial charge in [-0.15, -0.1) is 11.6 Å². The highest BCUT2D eigenvalue weighted by molar-refractivity contribution is 6.30. The second kappa shape index (κ2) is 4.75. The van der Waals surface area contributed by atoms with E-state index >= 15 is 0 Å². The Morgan fingerprint density at radius 2 is 2.13 bits per heavy atom. The zero-order valence-electron chi connectivity index (χ0n) is 8.56. The van der Waals surface area contributed by atoms with Crippen LogP contribution in [0.25, 0.3) is 0 Å². The Morgan fingerprint density at radius 3 is 2.60 bits per heavy atom. The van der Waals surface area contributed by atoms with Crippen molar-refractivity contribution in [1.82, 2.24) is 4.57 Å². The van der Waals surface area contributed by atoms with E-state index in [0.717, 1.165) is 0 Å². The van der Waals surface area contributed by atoms with E-state index in [9.17, 15) is 13.6 Å². The van der Waals surface area contributed by atoms with Crippen LogP contribution in [0.2, 0.25) is 0 Å². The van der Waals surface area contributed by atoms with Gasteiger partial charge in [-0.05, 0) is 19.9 Å². The molecule has 0 bridgehead atoms. The van der Waals surface area contributed by atoms with Crippen molar-refractivity contribution in [3.8, 4) is 0 Å². The lowest BCUT2D eigenvalue weighted by Gasteiger charge is -2.08. The molecule has 1 aromatic rings. The van der Waals surface area contributed by atoms with Gasteiger partial charge in [0.1, 0.15) is 0 Å². The molecule has 0 aliphatic carbocycles. The first-order chi connectivity index (χ1) is 6.97. The van der Waals surface area contributed by atoms with Crippen LogP contribution >= 0.6 is 11.6 Å². The molecule has 2 nitrogen and oxygen atoms in total. The number of nitrogens with zero attached hydrogens (tertiary/aromatic N) is 1. The van der Waals surface area contributed by atoms with Gasteiger partial charge in [0, 0.05) is 17.0 Å². The summed E-state index contributed by atoms with van der Waals surface area (Å²) in [6.07, 6.45) is -2.42. The Hall–Kier alpha value is -0.900. The molecule has 0 aliphatic rings. The molecule has 0 aliphatic heterocycles. The Morgan fingerprint density at radius 1 is 1.53 bits per heavy atom. The van der Waals surface area contributed by atoms with Crippen LogP contribution in [0.3, 0.4) is 0 Å². The van der Waals surface area contributed by atoms with Crippen LogP contribution < -0.4 is 0 Å². The number of aromatic nitrogens is 1. The molecular formula is C10H12ClF2NO. The molecule has 1 heterocycles. The predicted molar refractivity (Wildman–Crippen MR) is 55.0 cm³/mol. The van der Waals surface area contributed by atoms with Crippen molar-refractivity contribution >= 4 is 17.4 Å². The SMILES string of the molecule is Cc1cc(C(=O)CCl)c(C)n1CC(F)F. The minimum Gasteiger partial charge on any atom is -0.343 e. The highest BCUT2D eigenvalue weighted by Gasteiger charge is 2.16. The van der Waals surface area contributed by atoms with E-state index in [0.29, 0.717) is 17.0 Å².